The number of rotatable bonds is 5. The Morgan fingerprint density at radius 3 is 2.00 bits per heavy atom. The van der Waals surface area contributed by atoms with Gasteiger partial charge in [0.25, 0.3) is 5.91 Å². The topological polar surface area (TPSA) is 109 Å². The summed E-state index contributed by atoms with van der Waals surface area (Å²) in [6.45, 7) is 1.84. The molecule has 1 aromatic rings. The third-order valence-electron chi connectivity index (χ3n) is 2.27. The van der Waals surface area contributed by atoms with Crippen molar-refractivity contribution in [3.63, 3.8) is 0 Å². The molecule has 0 aliphatic rings. The van der Waals surface area contributed by atoms with E-state index in [-0.39, 0.29) is 64.7 Å². The van der Waals surface area contributed by atoms with E-state index in [2.05, 4.69) is 5.32 Å². The van der Waals surface area contributed by atoms with Crippen molar-refractivity contribution in [2.45, 2.75) is 19.4 Å². The fourth-order valence-corrected chi connectivity index (χ4v) is 1.31. The number of carbonyl (C=O) groups excluding carboxylic acids is 3. The van der Waals surface area contributed by atoms with Crippen LogP contribution in [0.3, 0.4) is 0 Å². The molecule has 0 saturated heterocycles. The molecule has 0 spiro atoms. The Labute approximate surface area is 160 Å². The van der Waals surface area contributed by atoms with Crippen molar-refractivity contribution in [3.8, 4) is 0 Å². The number of benzene rings is 1. The van der Waals surface area contributed by atoms with Gasteiger partial charge in [-0.1, -0.05) is 17.7 Å². The van der Waals surface area contributed by atoms with Crippen LogP contribution in [0.4, 0.5) is 0 Å². The number of aliphatic carboxylic acids is 2. The molecular weight excluding hydrogens is 284 g/mol. The van der Waals surface area contributed by atoms with Crippen LogP contribution in [0.25, 0.3) is 0 Å². The molecule has 8 heteroatoms. The molecule has 0 aromatic heterocycles. The summed E-state index contributed by atoms with van der Waals surface area (Å²) in [6, 6.07) is 4.78. The SMILES string of the molecule is Cc1ccc(C(=O)N[C@@H](CC(=O)[O-])C(=O)[O-])cc1.[Na+].[Na+]. The second-order valence-corrected chi connectivity index (χ2v) is 3.79. The first-order valence-electron chi connectivity index (χ1n) is 5.18. The van der Waals surface area contributed by atoms with E-state index >= 15 is 0 Å². The summed E-state index contributed by atoms with van der Waals surface area (Å²) in [5, 5.41) is 23.0. The summed E-state index contributed by atoms with van der Waals surface area (Å²) in [5.74, 6) is -3.92. The number of nitrogens with one attached hydrogen (secondary N) is 1. The van der Waals surface area contributed by atoms with Crippen LogP contribution in [-0.4, -0.2) is 23.9 Å². The van der Waals surface area contributed by atoms with Crippen molar-refractivity contribution < 1.29 is 83.7 Å². The zero-order chi connectivity index (χ0) is 13.7. The van der Waals surface area contributed by atoms with Gasteiger partial charge in [0.2, 0.25) is 0 Å². The van der Waals surface area contributed by atoms with Gasteiger partial charge >= 0.3 is 59.1 Å². The maximum atomic E-state index is 11.6. The van der Waals surface area contributed by atoms with Crippen LogP contribution in [0.15, 0.2) is 24.3 Å². The van der Waals surface area contributed by atoms with E-state index in [9.17, 15) is 24.6 Å². The smallest absolute Gasteiger partial charge is 0.550 e. The zero-order valence-corrected chi connectivity index (χ0v) is 15.6. The van der Waals surface area contributed by atoms with Crippen molar-refractivity contribution >= 4 is 17.8 Å². The monoisotopic (exact) mass is 295 g/mol. The minimum Gasteiger partial charge on any atom is -0.550 e. The standard InChI is InChI=1S/C12H13NO5.2Na/c1-7-2-4-8(5-3-7)11(16)13-9(12(17)18)6-10(14)15;;/h2-5,9H,6H2,1H3,(H,13,16)(H,14,15)(H,17,18);;/q;2*+1/p-2/t9-;;/m0../s1. The Balaban J connectivity index is 0. The second-order valence-electron chi connectivity index (χ2n) is 3.79. The van der Waals surface area contributed by atoms with E-state index in [1.54, 1.807) is 12.1 Å². The van der Waals surface area contributed by atoms with Gasteiger partial charge < -0.3 is 25.1 Å². The first kappa shape index (κ1) is 21.9. The van der Waals surface area contributed by atoms with Gasteiger partial charge in [-0.3, -0.25) is 4.79 Å². The molecule has 0 unspecified atom stereocenters. The Kier molecular flexibility index (Phi) is 11.4. The van der Waals surface area contributed by atoms with E-state index in [1.807, 2.05) is 6.92 Å². The molecule has 0 fully saturated rings. The summed E-state index contributed by atoms with van der Waals surface area (Å²) in [6.07, 6.45) is -0.833. The van der Waals surface area contributed by atoms with Gasteiger partial charge in [-0.05, 0) is 19.1 Å². The van der Waals surface area contributed by atoms with Gasteiger partial charge in [0.05, 0.1) is 12.0 Å². The van der Waals surface area contributed by atoms with Crippen LogP contribution in [0.2, 0.25) is 0 Å². The van der Waals surface area contributed by atoms with E-state index in [1.165, 1.54) is 12.1 Å². The maximum Gasteiger partial charge on any atom is 1.00 e. The van der Waals surface area contributed by atoms with E-state index < -0.39 is 30.3 Å². The number of carboxylic acid groups (broad SMARTS) is 2. The van der Waals surface area contributed by atoms with Crippen LogP contribution < -0.4 is 74.6 Å². The Morgan fingerprint density at radius 2 is 1.60 bits per heavy atom. The van der Waals surface area contributed by atoms with Crippen LogP contribution in [-0.2, 0) is 9.59 Å². The fraction of sp³-hybridized carbons (Fsp3) is 0.250. The van der Waals surface area contributed by atoms with Crippen molar-refractivity contribution in [2.24, 2.45) is 0 Å². The first-order chi connectivity index (χ1) is 8.40. The molecule has 1 atom stereocenters. The van der Waals surface area contributed by atoms with Crippen LogP contribution in [0, 0.1) is 6.92 Å². The average molecular weight is 295 g/mol. The molecule has 1 rings (SSSR count). The van der Waals surface area contributed by atoms with Crippen LogP contribution >= 0.6 is 0 Å². The quantitative estimate of drug-likeness (QED) is 0.543. The van der Waals surface area contributed by atoms with E-state index in [0.717, 1.165) is 5.56 Å². The summed E-state index contributed by atoms with van der Waals surface area (Å²) >= 11 is 0. The summed E-state index contributed by atoms with van der Waals surface area (Å²) < 4.78 is 0. The van der Waals surface area contributed by atoms with E-state index in [4.69, 9.17) is 0 Å². The number of carbonyl (C=O) groups is 3. The molecule has 6 nitrogen and oxygen atoms in total. The first-order valence-corrected chi connectivity index (χ1v) is 5.18. The second kappa shape index (κ2) is 10.4. The van der Waals surface area contributed by atoms with Gasteiger partial charge in [0.1, 0.15) is 0 Å². The number of aryl methyl sites for hydroxylation is 1. The van der Waals surface area contributed by atoms with Crippen molar-refractivity contribution in [3.05, 3.63) is 35.4 Å². The normalized spacial score (nSPS) is 10.4. The molecule has 0 saturated carbocycles. The molecule has 96 valence electrons. The zero-order valence-electron chi connectivity index (χ0n) is 11.6. The molecule has 20 heavy (non-hydrogen) atoms. The molecule has 1 aromatic carbocycles. The molecule has 1 amide bonds. The molecule has 0 aliphatic carbocycles. The van der Waals surface area contributed by atoms with Crippen molar-refractivity contribution in [1.82, 2.24) is 5.32 Å². The number of hydrogen-bond acceptors (Lipinski definition) is 5. The summed E-state index contributed by atoms with van der Waals surface area (Å²) in [4.78, 5) is 32.6. The molecular formula is C12H11NNa2O5. The molecule has 0 radical (unpaired) electrons. The average Bonchev–Trinajstić information content (AvgIpc) is 2.28. The minimum absolute atomic E-state index is 0. The van der Waals surface area contributed by atoms with Crippen LogP contribution in [0.1, 0.15) is 22.3 Å². The van der Waals surface area contributed by atoms with E-state index in [0.29, 0.717) is 0 Å². The van der Waals surface area contributed by atoms with Gasteiger partial charge in [0.15, 0.2) is 0 Å². The third kappa shape index (κ3) is 7.42. The predicted molar refractivity (Wildman–Crippen MR) is 57.1 cm³/mol. The fourth-order valence-electron chi connectivity index (χ4n) is 1.31. The summed E-state index contributed by atoms with van der Waals surface area (Å²) in [5.41, 5.74) is 1.18. The largest absolute Gasteiger partial charge is 1.00 e. The van der Waals surface area contributed by atoms with Gasteiger partial charge in [-0.15, -0.1) is 0 Å². The third-order valence-corrected chi connectivity index (χ3v) is 2.27. The van der Waals surface area contributed by atoms with Gasteiger partial charge in [-0.25, -0.2) is 0 Å². The maximum absolute atomic E-state index is 11.6. The number of amides is 1. The molecule has 0 heterocycles. The number of hydrogen-bond donors (Lipinski definition) is 1. The van der Waals surface area contributed by atoms with Crippen molar-refractivity contribution in [2.75, 3.05) is 0 Å². The van der Waals surface area contributed by atoms with Crippen LogP contribution in [0.5, 0.6) is 0 Å². The van der Waals surface area contributed by atoms with Gasteiger partial charge in [-0.2, -0.15) is 0 Å². The predicted octanol–water partition coefficient (Wildman–Crippen LogP) is -8.01. The minimum atomic E-state index is -1.67. The van der Waals surface area contributed by atoms with Crippen molar-refractivity contribution in [1.29, 1.82) is 0 Å². The Bertz CT molecular complexity index is 475. The Morgan fingerprint density at radius 1 is 1.10 bits per heavy atom. The summed E-state index contributed by atoms with van der Waals surface area (Å²) in [7, 11) is 0. The molecule has 1 N–H and O–H groups in total. The molecule has 0 bridgehead atoms. The number of carboxylic acids is 2. The van der Waals surface area contributed by atoms with Gasteiger partial charge in [0, 0.05) is 18.0 Å². The Hall–Kier alpha value is -0.370. The molecule has 0 aliphatic heterocycles.